The fourth-order valence-corrected chi connectivity index (χ4v) is 4.17. The Morgan fingerprint density at radius 3 is 1.37 bits per heavy atom. The Morgan fingerprint density at radius 2 is 0.891 bits per heavy atom. The molecule has 16 heteroatoms. The highest BCUT2D eigenvalue weighted by Crippen LogP contribution is 2.08. The zero-order valence-corrected chi connectivity index (χ0v) is 27.0. The molecule has 5 amide bonds. The highest BCUT2D eigenvalue weighted by molar-refractivity contribution is 5.84. The van der Waals surface area contributed by atoms with Crippen molar-refractivity contribution in [1.82, 2.24) is 25.8 Å². The third kappa shape index (κ3) is 24.7. The third-order valence-corrected chi connectivity index (χ3v) is 7.00. The van der Waals surface area contributed by atoms with E-state index < -0.39 is 23.7 Å². The van der Waals surface area contributed by atoms with Gasteiger partial charge in [-0.2, -0.15) is 0 Å². The van der Waals surface area contributed by atoms with Gasteiger partial charge in [-0.3, -0.25) is 49.2 Å². The molecule has 0 rings (SSSR count). The highest BCUT2D eigenvalue weighted by Gasteiger charge is 2.14. The van der Waals surface area contributed by atoms with E-state index in [1.807, 2.05) is 0 Å². The maximum absolute atomic E-state index is 12.1. The number of ketones is 1. The quantitative estimate of drug-likeness (QED) is 0.0404. The number of carboxylic acids is 1. The zero-order valence-electron chi connectivity index (χ0n) is 27.0. The Hall–Kier alpha value is -3.63. The summed E-state index contributed by atoms with van der Waals surface area (Å²) in [7, 11) is 0. The van der Waals surface area contributed by atoms with Crippen LogP contribution in [0.5, 0.6) is 0 Å². The lowest BCUT2D eigenvalue weighted by molar-refractivity contribution is -0.166. The van der Waals surface area contributed by atoms with Crippen LogP contribution >= 0.6 is 0 Å². The first-order valence-corrected chi connectivity index (χ1v) is 16.1. The topological polar surface area (TPSA) is 234 Å². The molecule has 0 saturated carbocycles. The monoisotopic (exact) mass is 659 g/mol. The second-order valence-corrected chi connectivity index (χ2v) is 11.1. The van der Waals surface area contributed by atoms with E-state index in [0.29, 0.717) is 86.1 Å². The van der Waals surface area contributed by atoms with E-state index in [1.165, 1.54) is 6.92 Å². The summed E-state index contributed by atoms with van der Waals surface area (Å²) in [6.45, 7) is 2.44. The molecule has 0 fully saturated rings. The lowest BCUT2D eigenvalue weighted by Crippen LogP contribution is -2.31. The van der Waals surface area contributed by atoms with Gasteiger partial charge in [0, 0.05) is 78.2 Å². The first kappa shape index (κ1) is 42.4. The summed E-state index contributed by atoms with van der Waals surface area (Å²) >= 11 is 0. The van der Waals surface area contributed by atoms with Crippen LogP contribution in [-0.4, -0.2) is 110 Å². The Balaban J connectivity index is 3.77. The average molecular weight is 660 g/mol. The van der Waals surface area contributed by atoms with Gasteiger partial charge in [0.25, 0.3) is 0 Å². The number of amides is 5. The molecule has 0 aromatic heterocycles. The van der Waals surface area contributed by atoms with Crippen LogP contribution in [0.4, 0.5) is 0 Å². The molecule has 6 N–H and O–H groups in total. The number of carbonyl (C=O) groups is 7. The molecule has 0 aliphatic rings. The van der Waals surface area contributed by atoms with Gasteiger partial charge in [0.1, 0.15) is 5.78 Å². The van der Waals surface area contributed by atoms with E-state index in [2.05, 4.69) is 10.6 Å². The van der Waals surface area contributed by atoms with Crippen LogP contribution < -0.4 is 10.6 Å². The van der Waals surface area contributed by atoms with Crippen molar-refractivity contribution >= 4 is 41.3 Å². The number of carbonyl (C=O) groups excluding carboxylic acids is 6. The van der Waals surface area contributed by atoms with Crippen molar-refractivity contribution in [2.24, 2.45) is 0 Å². The van der Waals surface area contributed by atoms with Crippen LogP contribution in [0, 0.1) is 0 Å². The largest absolute Gasteiger partial charge is 0.481 e. The van der Waals surface area contributed by atoms with Crippen LogP contribution in [-0.2, 0) is 33.6 Å². The lowest BCUT2D eigenvalue weighted by atomic mass is 10.1. The zero-order chi connectivity index (χ0) is 34.7. The number of carboxylic acid groups (broad SMARTS) is 1. The van der Waals surface area contributed by atoms with Gasteiger partial charge in [-0.1, -0.05) is 12.8 Å². The Kier molecular flexibility index (Phi) is 24.5. The van der Waals surface area contributed by atoms with Crippen molar-refractivity contribution < 1.29 is 54.3 Å². The van der Waals surface area contributed by atoms with Crippen molar-refractivity contribution in [3.05, 3.63) is 0 Å². The number of nitrogens with one attached hydrogen (secondary N) is 2. The van der Waals surface area contributed by atoms with Gasteiger partial charge in [0.15, 0.2) is 0 Å². The number of hydrogen-bond donors (Lipinski definition) is 6. The van der Waals surface area contributed by atoms with E-state index >= 15 is 0 Å². The van der Waals surface area contributed by atoms with Gasteiger partial charge in [0.2, 0.25) is 29.5 Å². The highest BCUT2D eigenvalue weighted by atomic mass is 16.5. The molecule has 0 bridgehead atoms. The maximum Gasteiger partial charge on any atom is 0.303 e. The summed E-state index contributed by atoms with van der Waals surface area (Å²) in [5.74, 6) is -3.31. The average Bonchev–Trinajstić information content (AvgIpc) is 3.01. The summed E-state index contributed by atoms with van der Waals surface area (Å²) in [6.07, 6.45) is 6.01. The summed E-state index contributed by atoms with van der Waals surface area (Å²) in [5.41, 5.74) is 0. The molecule has 0 spiro atoms. The number of rotatable bonds is 28. The minimum absolute atomic E-state index is 0.0485. The second-order valence-electron chi connectivity index (χ2n) is 11.1. The summed E-state index contributed by atoms with van der Waals surface area (Å²) in [6, 6.07) is 0. The molecule has 0 radical (unpaired) electrons. The molecular formula is C30H53N5O11. The molecule has 0 atom stereocenters. The number of nitrogens with zero attached hydrogens (tertiary/aromatic N) is 3. The van der Waals surface area contributed by atoms with Crippen molar-refractivity contribution in [3.8, 4) is 0 Å². The maximum atomic E-state index is 12.1. The first-order chi connectivity index (χ1) is 21.8. The van der Waals surface area contributed by atoms with Crippen LogP contribution in [0.25, 0.3) is 0 Å². The molecule has 0 aromatic rings. The predicted octanol–water partition coefficient (Wildman–Crippen LogP) is 2.18. The van der Waals surface area contributed by atoms with E-state index in [9.17, 15) is 49.2 Å². The van der Waals surface area contributed by atoms with Gasteiger partial charge in [-0.25, -0.2) is 15.2 Å². The van der Waals surface area contributed by atoms with Crippen molar-refractivity contribution in [2.75, 3.05) is 32.7 Å². The van der Waals surface area contributed by atoms with Gasteiger partial charge < -0.3 is 15.7 Å². The molecular weight excluding hydrogens is 606 g/mol. The smallest absolute Gasteiger partial charge is 0.303 e. The Bertz CT molecular complexity index is 964. The van der Waals surface area contributed by atoms with Gasteiger partial charge in [-0.15, -0.1) is 0 Å². The van der Waals surface area contributed by atoms with E-state index in [4.69, 9.17) is 5.11 Å². The predicted molar refractivity (Wildman–Crippen MR) is 163 cm³/mol. The van der Waals surface area contributed by atoms with Crippen LogP contribution in [0.2, 0.25) is 0 Å². The standard InChI is InChI=1S/C30H53N5O11/c1-24(36)33(44)21-9-3-2-6-12-25(37)13-16-28(40)34(45)22-10-4-7-19-31-26(38)14-17-29(41)35(46)23-11-5-8-20-32-27(39)15-18-30(42)43/h44-46H,2-23H2,1H3,(H,31,38)(H,32,39)(H,42,43). The van der Waals surface area contributed by atoms with Gasteiger partial charge >= 0.3 is 5.97 Å². The summed E-state index contributed by atoms with van der Waals surface area (Å²) < 4.78 is 0. The molecule has 0 saturated heterocycles. The molecule has 0 aromatic carbocycles. The minimum Gasteiger partial charge on any atom is -0.481 e. The molecule has 0 heterocycles. The molecule has 0 aliphatic carbocycles. The van der Waals surface area contributed by atoms with Crippen LogP contribution in [0.3, 0.4) is 0 Å². The van der Waals surface area contributed by atoms with Crippen LogP contribution in [0.1, 0.15) is 116 Å². The SMILES string of the molecule is CC(=O)N(O)CCCCCCC(=O)CCC(=O)N(O)CCCCCNC(=O)CCC(=O)N(O)CCCCCNC(=O)CCC(=O)O. The molecule has 46 heavy (non-hydrogen) atoms. The molecule has 264 valence electrons. The molecule has 0 unspecified atom stereocenters. The summed E-state index contributed by atoms with van der Waals surface area (Å²) in [4.78, 5) is 80.8. The van der Waals surface area contributed by atoms with Crippen molar-refractivity contribution in [1.29, 1.82) is 0 Å². The van der Waals surface area contributed by atoms with E-state index in [0.717, 1.165) is 12.8 Å². The number of aliphatic carboxylic acids is 1. The second kappa shape index (κ2) is 26.6. The molecule has 0 aliphatic heterocycles. The van der Waals surface area contributed by atoms with Crippen molar-refractivity contribution in [2.45, 2.75) is 116 Å². The number of Topliss-reactive ketones (excluding diaryl/α,β-unsaturated/α-hetero) is 1. The number of unbranched alkanes of at least 4 members (excludes halogenated alkanes) is 7. The molecule has 16 nitrogen and oxygen atoms in total. The normalized spacial score (nSPS) is 10.6. The first-order valence-electron chi connectivity index (χ1n) is 16.1. The van der Waals surface area contributed by atoms with Crippen molar-refractivity contribution in [3.63, 3.8) is 0 Å². The number of hydrogen-bond acceptors (Lipinski definition) is 10. The van der Waals surface area contributed by atoms with Gasteiger partial charge in [-0.05, 0) is 51.4 Å². The fourth-order valence-electron chi connectivity index (χ4n) is 4.17. The van der Waals surface area contributed by atoms with E-state index in [-0.39, 0.29) is 75.8 Å². The van der Waals surface area contributed by atoms with Gasteiger partial charge in [0.05, 0.1) is 6.42 Å². The van der Waals surface area contributed by atoms with E-state index in [1.54, 1.807) is 0 Å². The summed E-state index contributed by atoms with van der Waals surface area (Å²) in [5, 5.41) is 44.7. The number of hydroxylamine groups is 6. The Labute approximate surface area is 270 Å². The Morgan fingerprint density at radius 1 is 0.478 bits per heavy atom. The van der Waals surface area contributed by atoms with Crippen LogP contribution in [0.15, 0.2) is 0 Å². The lowest BCUT2D eigenvalue weighted by Gasteiger charge is -2.15. The fraction of sp³-hybridized carbons (Fsp3) is 0.767. The minimum atomic E-state index is -1.04. The third-order valence-electron chi connectivity index (χ3n) is 7.00.